The molecule has 3 nitrogen and oxygen atoms in total. The summed E-state index contributed by atoms with van der Waals surface area (Å²) in [5, 5.41) is 9.87. The van der Waals surface area contributed by atoms with E-state index in [4.69, 9.17) is 4.98 Å². The highest BCUT2D eigenvalue weighted by Gasteiger charge is 2.21. The molecule has 0 N–H and O–H groups in total. The summed E-state index contributed by atoms with van der Waals surface area (Å²) < 4.78 is 0. The zero-order chi connectivity index (χ0) is 17.1. The smallest absolute Gasteiger partial charge is 0.104 e. The van der Waals surface area contributed by atoms with Gasteiger partial charge in [-0.05, 0) is 18.9 Å². The molecule has 2 aromatic carbocycles. The van der Waals surface area contributed by atoms with E-state index in [0.29, 0.717) is 5.56 Å². The van der Waals surface area contributed by atoms with E-state index in [1.165, 1.54) is 12.8 Å². The average Bonchev–Trinajstić information content (AvgIpc) is 3.23. The van der Waals surface area contributed by atoms with E-state index < -0.39 is 0 Å². The maximum absolute atomic E-state index is 9.87. The number of nitriles is 1. The summed E-state index contributed by atoms with van der Waals surface area (Å²) in [6, 6.07) is 24.7. The highest BCUT2D eigenvalue weighted by atomic mass is 15.1. The Morgan fingerprint density at radius 1 is 0.840 bits per heavy atom. The van der Waals surface area contributed by atoms with E-state index in [-0.39, 0.29) is 0 Å². The lowest BCUT2D eigenvalue weighted by atomic mass is 10.0. The summed E-state index contributed by atoms with van der Waals surface area (Å²) in [7, 11) is 0. The van der Waals surface area contributed by atoms with Gasteiger partial charge in [0.25, 0.3) is 0 Å². The van der Waals surface area contributed by atoms with Crippen LogP contribution in [0.25, 0.3) is 22.5 Å². The van der Waals surface area contributed by atoms with Gasteiger partial charge in [-0.3, -0.25) is 0 Å². The van der Waals surface area contributed by atoms with Crippen molar-refractivity contribution in [2.45, 2.75) is 12.8 Å². The van der Waals surface area contributed by atoms with Crippen LogP contribution in [0.15, 0.2) is 66.7 Å². The van der Waals surface area contributed by atoms with Gasteiger partial charge in [-0.25, -0.2) is 4.98 Å². The molecule has 3 heteroatoms. The van der Waals surface area contributed by atoms with Crippen molar-refractivity contribution >= 4 is 5.69 Å². The Bertz CT molecular complexity index is 905. The van der Waals surface area contributed by atoms with E-state index >= 15 is 0 Å². The van der Waals surface area contributed by atoms with Gasteiger partial charge in [0.05, 0.1) is 17.1 Å². The number of aromatic nitrogens is 1. The van der Waals surface area contributed by atoms with Crippen molar-refractivity contribution < 1.29 is 0 Å². The van der Waals surface area contributed by atoms with Crippen LogP contribution in [0.2, 0.25) is 0 Å². The van der Waals surface area contributed by atoms with Crippen LogP contribution in [-0.2, 0) is 0 Å². The van der Waals surface area contributed by atoms with Crippen molar-refractivity contribution in [3.05, 3.63) is 72.3 Å². The largest absolute Gasteiger partial charge is 0.370 e. The van der Waals surface area contributed by atoms with Gasteiger partial charge in [-0.2, -0.15) is 5.26 Å². The number of nitrogens with zero attached hydrogens (tertiary/aromatic N) is 3. The van der Waals surface area contributed by atoms with Gasteiger partial charge in [0.15, 0.2) is 0 Å². The predicted octanol–water partition coefficient (Wildman–Crippen LogP) is 4.89. The molecule has 1 aromatic heterocycles. The van der Waals surface area contributed by atoms with Gasteiger partial charge in [0.2, 0.25) is 0 Å². The number of benzene rings is 2. The van der Waals surface area contributed by atoms with Crippen molar-refractivity contribution in [1.82, 2.24) is 4.98 Å². The molecule has 0 radical (unpaired) electrons. The highest BCUT2D eigenvalue weighted by molar-refractivity contribution is 5.80. The second-order valence-electron chi connectivity index (χ2n) is 6.29. The Labute approximate surface area is 148 Å². The van der Waals surface area contributed by atoms with E-state index in [0.717, 1.165) is 41.3 Å². The molecular weight excluding hydrogens is 306 g/mol. The molecule has 0 amide bonds. The normalized spacial score (nSPS) is 13.6. The molecule has 0 spiro atoms. The van der Waals surface area contributed by atoms with E-state index in [1.54, 1.807) is 0 Å². The van der Waals surface area contributed by atoms with Gasteiger partial charge in [0, 0.05) is 24.2 Å². The Morgan fingerprint density at radius 2 is 1.44 bits per heavy atom. The first-order chi connectivity index (χ1) is 12.4. The Hall–Kier alpha value is -3.12. The van der Waals surface area contributed by atoms with Crippen molar-refractivity contribution in [3.63, 3.8) is 0 Å². The maximum atomic E-state index is 9.87. The van der Waals surface area contributed by atoms with Crippen LogP contribution in [-0.4, -0.2) is 18.1 Å². The SMILES string of the molecule is N#Cc1c(N2CCCC2)cc(-c2ccccc2)nc1-c1ccccc1. The van der Waals surface area contributed by atoms with Gasteiger partial charge < -0.3 is 4.90 Å². The molecule has 0 aliphatic carbocycles. The molecule has 25 heavy (non-hydrogen) atoms. The third-order valence-corrected chi connectivity index (χ3v) is 4.67. The molecule has 0 saturated carbocycles. The minimum absolute atomic E-state index is 0.674. The fourth-order valence-electron chi connectivity index (χ4n) is 3.41. The first-order valence-electron chi connectivity index (χ1n) is 8.68. The lowest BCUT2D eigenvalue weighted by Gasteiger charge is -2.21. The summed E-state index contributed by atoms with van der Waals surface area (Å²) in [6.07, 6.45) is 2.35. The highest BCUT2D eigenvalue weighted by Crippen LogP contribution is 2.35. The average molecular weight is 325 g/mol. The van der Waals surface area contributed by atoms with Gasteiger partial charge in [-0.1, -0.05) is 60.7 Å². The zero-order valence-electron chi connectivity index (χ0n) is 14.0. The van der Waals surface area contributed by atoms with Crippen LogP contribution < -0.4 is 4.90 Å². The van der Waals surface area contributed by atoms with E-state index in [9.17, 15) is 5.26 Å². The molecule has 4 rings (SSSR count). The summed E-state index contributed by atoms with van der Waals surface area (Å²) in [5.74, 6) is 0. The summed E-state index contributed by atoms with van der Waals surface area (Å²) in [4.78, 5) is 7.19. The minimum Gasteiger partial charge on any atom is -0.370 e. The molecule has 1 saturated heterocycles. The van der Waals surface area contributed by atoms with Crippen molar-refractivity contribution in [1.29, 1.82) is 5.26 Å². The summed E-state index contributed by atoms with van der Waals surface area (Å²) >= 11 is 0. The number of rotatable bonds is 3. The van der Waals surface area contributed by atoms with E-state index in [1.807, 2.05) is 48.5 Å². The third kappa shape index (κ3) is 2.99. The number of hydrogen-bond donors (Lipinski definition) is 0. The molecule has 1 aliphatic heterocycles. The molecule has 1 fully saturated rings. The zero-order valence-corrected chi connectivity index (χ0v) is 14.0. The van der Waals surface area contributed by atoms with Crippen LogP contribution in [0, 0.1) is 11.3 Å². The molecule has 0 bridgehead atoms. The minimum atomic E-state index is 0.674. The monoisotopic (exact) mass is 325 g/mol. The Morgan fingerprint density at radius 3 is 2.04 bits per heavy atom. The molecular formula is C22H19N3. The van der Waals surface area contributed by atoms with Gasteiger partial charge in [-0.15, -0.1) is 0 Å². The third-order valence-electron chi connectivity index (χ3n) is 4.67. The van der Waals surface area contributed by atoms with Crippen molar-refractivity contribution in [2.75, 3.05) is 18.0 Å². The number of pyridine rings is 1. The second kappa shape index (κ2) is 6.78. The Balaban J connectivity index is 1.95. The van der Waals surface area contributed by atoms with Crippen LogP contribution >= 0.6 is 0 Å². The molecule has 0 unspecified atom stereocenters. The summed E-state index contributed by atoms with van der Waals surface area (Å²) in [6.45, 7) is 2.00. The molecule has 122 valence electrons. The number of hydrogen-bond acceptors (Lipinski definition) is 3. The van der Waals surface area contributed by atoms with Gasteiger partial charge in [0.1, 0.15) is 11.6 Å². The molecule has 2 heterocycles. The Kier molecular flexibility index (Phi) is 4.18. The fraction of sp³-hybridized carbons (Fsp3) is 0.182. The first kappa shape index (κ1) is 15.4. The van der Waals surface area contributed by atoms with Crippen LogP contribution in [0.4, 0.5) is 5.69 Å². The van der Waals surface area contributed by atoms with Crippen LogP contribution in [0.5, 0.6) is 0 Å². The van der Waals surface area contributed by atoms with E-state index in [2.05, 4.69) is 29.2 Å². The maximum Gasteiger partial charge on any atom is 0.104 e. The topological polar surface area (TPSA) is 39.9 Å². The predicted molar refractivity (Wildman–Crippen MR) is 101 cm³/mol. The molecule has 3 aromatic rings. The molecule has 1 aliphatic rings. The van der Waals surface area contributed by atoms with Crippen molar-refractivity contribution in [3.8, 4) is 28.6 Å². The number of anilines is 1. The quantitative estimate of drug-likeness (QED) is 0.688. The lowest BCUT2D eigenvalue weighted by Crippen LogP contribution is -2.19. The fourth-order valence-corrected chi connectivity index (χ4v) is 3.41. The van der Waals surface area contributed by atoms with Crippen LogP contribution in [0.3, 0.4) is 0 Å². The lowest BCUT2D eigenvalue weighted by molar-refractivity contribution is 0.949. The summed E-state index contributed by atoms with van der Waals surface area (Å²) in [5.41, 5.74) is 5.43. The standard InChI is InChI=1S/C22H19N3/c23-16-19-21(25-13-7-8-14-25)15-20(17-9-3-1-4-10-17)24-22(19)18-11-5-2-6-12-18/h1-6,9-12,15H,7-8,13-14H2. The van der Waals surface area contributed by atoms with Crippen molar-refractivity contribution in [2.24, 2.45) is 0 Å². The first-order valence-corrected chi connectivity index (χ1v) is 8.68. The molecule has 0 atom stereocenters. The second-order valence-corrected chi connectivity index (χ2v) is 6.29. The van der Waals surface area contributed by atoms with Crippen LogP contribution in [0.1, 0.15) is 18.4 Å². The van der Waals surface area contributed by atoms with Gasteiger partial charge >= 0.3 is 0 Å².